The molecule has 2 fully saturated rings. The van der Waals surface area contributed by atoms with E-state index in [1.165, 1.54) is 12.8 Å². The lowest BCUT2D eigenvalue weighted by molar-refractivity contribution is -0.0698. The molecule has 0 aromatic heterocycles. The molecule has 2 saturated carbocycles. The van der Waals surface area contributed by atoms with Gasteiger partial charge < -0.3 is 5.11 Å². The van der Waals surface area contributed by atoms with Gasteiger partial charge in [-0.2, -0.15) is 0 Å². The Hall–Kier alpha value is -0.180. The molecule has 0 radical (unpaired) electrons. The van der Waals surface area contributed by atoms with Crippen molar-refractivity contribution in [2.75, 3.05) is 0 Å². The van der Waals surface area contributed by atoms with Crippen LogP contribution in [-0.4, -0.2) is 17.1 Å². The van der Waals surface area contributed by atoms with Crippen molar-refractivity contribution < 1.29 is 13.9 Å². The maximum Gasteiger partial charge on any atom is 0.248 e. The van der Waals surface area contributed by atoms with Gasteiger partial charge in [-0.05, 0) is 37.5 Å². The van der Waals surface area contributed by atoms with Gasteiger partial charge in [-0.1, -0.05) is 12.8 Å². The Balaban J connectivity index is 1.84. The highest BCUT2D eigenvalue weighted by molar-refractivity contribution is 4.85. The molecule has 2 aliphatic carbocycles. The summed E-state index contributed by atoms with van der Waals surface area (Å²) in [5.41, 5.74) is 0. The lowest BCUT2D eigenvalue weighted by Gasteiger charge is -2.33. The first kappa shape index (κ1) is 11.3. The Morgan fingerprint density at radius 1 is 0.933 bits per heavy atom. The Kier molecular flexibility index (Phi) is 3.29. The second-order valence-electron chi connectivity index (χ2n) is 5.23. The lowest BCUT2D eigenvalue weighted by atomic mass is 9.78. The Morgan fingerprint density at radius 2 is 1.40 bits per heavy atom. The highest BCUT2D eigenvalue weighted by Crippen LogP contribution is 2.41. The van der Waals surface area contributed by atoms with Crippen LogP contribution in [0.1, 0.15) is 51.4 Å². The van der Waals surface area contributed by atoms with E-state index in [4.69, 9.17) is 0 Å². The maximum atomic E-state index is 12.9. The summed E-state index contributed by atoms with van der Waals surface area (Å²) in [7, 11) is 0. The van der Waals surface area contributed by atoms with Gasteiger partial charge in [0.15, 0.2) is 0 Å². The third-order valence-corrected chi connectivity index (χ3v) is 4.13. The van der Waals surface area contributed by atoms with Crippen LogP contribution in [0, 0.1) is 11.8 Å². The SMILES string of the molecule is OC(C1CCCC1)C1CCC(F)(F)CC1. The molecule has 0 amide bonds. The molecule has 1 unspecified atom stereocenters. The molecule has 0 aromatic rings. The number of rotatable bonds is 2. The van der Waals surface area contributed by atoms with Crippen LogP contribution in [0.15, 0.2) is 0 Å². The van der Waals surface area contributed by atoms with Crippen molar-refractivity contribution in [2.24, 2.45) is 11.8 Å². The summed E-state index contributed by atoms with van der Waals surface area (Å²) < 4.78 is 25.9. The van der Waals surface area contributed by atoms with Crippen LogP contribution in [0.2, 0.25) is 0 Å². The zero-order valence-corrected chi connectivity index (χ0v) is 9.09. The average molecular weight is 218 g/mol. The molecule has 15 heavy (non-hydrogen) atoms. The fourth-order valence-corrected chi connectivity index (χ4v) is 3.09. The zero-order valence-electron chi connectivity index (χ0n) is 9.09. The summed E-state index contributed by atoms with van der Waals surface area (Å²) in [4.78, 5) is 0. The number of aliphatic hydroxyl groups excluding tert-OH is 1. The molecule has 0 saturated heterocycles. The van der Waals surface area contributed by atoms with E-state index in [0.29, 0.717) is 18.8 Å². The Labute approximate surface area is 89.9 Å². The van der Waals surface area contributed by atoms with Crippen molar-refractivity contribution in [2.45, 2.75) is 63.4 Å². The van der Waals surface area contributed by atoms with Gasteiger partial charge in [0.25, 0.3) is 0 Å². The molecule has 0 spiro atoms. The molecule has 0 aliphatic heterocycles. The highest BCUT2D eigenvalue weighted by Gasteiger charge is 2.39. The van der Waals surface area contributed by atoms with Gasteiger partial charge in [-0.25, -0.2) is 8.78 Å². The smallest absolute Gasteiger partial charge is 0.248 e. The summed E-state index contributed by atoms with van der Waals surface area (Å²) in [5.74, 6) is -1.94. The van der Waals surface area contributed by atoms with Gasteiger partial charge in [-0.3, -0.25) is 0 Å². The van der Waals surface area contributed by atoms with Crippen LogP contribution in [-0.2, 0) is 0 Å². The van der Waals surface area contributed by atoms with Crippen molar-refractivity contribution in [1.29, 1.82) is 0 Å². The first-order valence-electron chi connectivity index (χ1n) is 6.14. The Morgan fingerprint density at radius 3 is 1.93 bits per heavy atom. The summed E-state index contributed by atoms with van der Waals surface area (Å²) in [6, 6.07) is 0. The quantitative estimate of drug-likeness (QED) is 0.753. The van der Waals surface area contributed by atoms with E-state index < -0.39 is 5.92 Å². The molecule has 2 aliphatic rings. The topological polar surface area (TPSA) is 20.2 Å². The number of hydrogen-bond acceptors (Lipinski definition) is 1. The predicted molar refractivity (Wildman–Crippen MR) is 54.9 cm³/mol. The molecule has 88 valence electrons. The first-order valence-corrected chi connectivity index (χ1v) is 6.14. The second-order valence-corrected chi connectivity index (χ2v) is 5.23. The summed E-state index contributed by atoms with van der Waals surface area (Å²) in [5, 5.41) is 10.1. The Bertz CT molecular complexity index is 202. The summed E-state index contributed by atoms with van der Waals surface area (Å²) >= 11 is 0. The largest absolute Gasteiger partial charge is 0.393 e. The minimum Gasteiger partial charge on any atom is -0.393 e. The number of aliphatic hydroxyl groups is 1. The lowest BCUT2D eigenvalue weighted by Crippen LogP contribution is -2.34. The van der Waals surface area contributed by atoms with Crippen molar-refractivity contribution in [3.05, 3.63) is 0 Å². The van der Waals surface area contributed by atoms with Crippen molar-refractivity contribution in [3.63, 3.8) is 0 Å². The number of alkyl halides is 2. The first-order chi connectivity index (χ1) is 7.08. The third kappa shape index (κ3) is 2.68. The molecule has 1 N–H and O–H groups in total. The zero-order chi connectivity index (χ0) is 10.9. The summed E-state index contributed by atoms with van der Waals surface area (Å²) in [6.45, 7) is 0. The molecule has 1 nitrogen and oxygen atoms in total. The molecular formula is C12H20F2O. The van der Waals surface area contributed by atoms with E-state index in [9.17, 15) is 13.9 Å². The maximum absolute atomic E-state index is 12.9. The van der Waals surface area contributed by atoms with E-state index in [0.717, 1.165) is 12.8 Å². The van der Waals surface area contributed by atoms with Crippen molar-refractivity contribution in [1.82, 2.24) is 0 Å². The van der Waals surface area contributed by atoms with Gasteiger partial charge in [0.1, 0.15) is 0 Å². The van der Waals surface area contributed by atoms with E-state index >= 15 is 0 Å². The van der Waals surface area contributed by atoms with E-state index in [2.05, 4.69) is 0 Å². The minimum atomic E-state index is -2.47. The number of hydrogen-bond donors (Lipinski definition) is 1. The molecule has 0 heterocycles. The van der Waals surface area contributed by atoms with Crippen LogP contribution in [0.5, 0.6) is 0 Å². The fraction of sp³-hybridized carbons (Fsp3) is 1.00. The van der Waals surface area contributed by atoms with Gasteiger partial charge >= 0.3 is 0 Å². The number of halogens is 2. The average Bonchev–Trinajstić information content (AvgIpc) is 2.69. The van der Waals surface area contributed by atoms with Crippen LogP contribution >= 0.6 is 0 Å². The van der Waals surface area contributed by atoms with Crippen LogP contribution in [0.3, 0.4) is 0 Å². The predicted octanol–water partition coefficient (Wildman–Crippen LogP) is 3.36. The van der Waals surface area contributed by atoms with E-state index in [1.54, 1.807) is 0 Å². The van der Waals surface area contributed by atoms with Crippen molar-refractivity contribution >= 4 is 0 Å². The van der Waals surface area contributed by atoms with Gasteiger partial charge in [0.2, 0.25) is 5.92 Å². The van der Waals surface area contributed by atoms with E-state index in [1.807, 2.05) is 0 Å². The highest BCUT2D eigenvalue weighted by atomic mass is 19.3. The molecule has 0 aromatic carbocycles. The monoisotopic (exact) mass is 218 g/mol. The van der Waals surface area contributed by atoms with Gasteiger partial charge in [0, 0.05) is 12.8 Å². The molecule has 3 heteroatoms. The molecule has 1 atom stereocenters. The third-order valence-electron chi connectivity index (χ3n) is 4.13. The van der Waals surface area contributed by atoms with E-state index in [-0.39, 0.29) is 24.9 Å². The van der Waals surface area contributed by atoms with Gasteiger partial charge in [0.05, 0.1) is 6.10 Å². The summed E-state index contributed by atoms with van der Waals surface area (Å²) in [6.07, 6.45) is 5.22. The second kappa shape index (κ2) is 4.36. The standard InChI is InChI=1S/C12H20F2O/c13-12(14)7-5-10(6-8-12)11(15)9-3-1-2-4-9/h9-11,15H,1-8H2. The normalized spacial score (nSPS) is 30.6. The molecule has 2 rings (SSSR count). The minimum absolute atomic E-state index is 0.0263. The van der Waals surface area contributed by atoms with Crippen LogP contribution in [0.4, 0.5) is 8.78 Å². The fourth-order valence-electron chi connectivity index (χ4n) is 3.09. The van der Waals surface area contributed by atoms with Crippen LogP contribution in [0.25, 0.3) is 0 Å². The molecule has 0 bridgehead atoms. The molecular weight excluding hydrogens is 198 g/mol. The van der Waals surface area contributed by atoms with Crippen molar-refractivity contribution in [3.8, 4) is 0 Å². The van der Waals surface area contributed by atoms with Crippen LogP contribution < -0.4 is 0 Å². The van der Waals surface area contributed by atoms with Gasteiger partial charge in [-0.15, -0.1) is 0 Å².